The summed E-state index contributed by atoms with van der Waals surface area (Å²) in [6.45, 7) is 0.274. The minimum Gasteiger partial charge on any atom is -0.396 e. The van der Waals surface area contributed by atoms with E-state index in [9.17, 15) is 0 Å². The molecule has 0 radical (unpaired) electrons. The van der Waals surface area contributed by atoms with Crippen LogP contribution in [0.3, 0.4) is 0 Å². The van der Waals surface area contributed by atoms with E-state index in [4.69, 9.17) is 5.11 Å². The smallest absolute Gasteiger partial charge is 0.202 e. The van der Waals surface area contributed by atoms with Crippen LogP contribution < -0.4 is 5.32 Å². The molecule has 1 aliphatic carbocycles. The predicted molar refractivity (Wildman–Crippen MR) is 42.5 cm³/mol. The van der Waals surface area contributed by atoms with Gasteiger partial charge in [0.05, 0.1) is 0 Å². The molecule has 0 amide bonds. The maximum Gasteiger partial charge on any atom is 0.202 e. The van der Waals surface area contributed by atoms with Crippen molar-refractivity contribution < 1.29 is 5.11 Å². The van der Waals surface area contributed by atoms with Crippen LogP contribution in [-0.4, -0.2) is 27.1 Å². The molecule has 11 heavy (non-hydrogen) atoms. The molecular weight excluding hydrogens is 162 g/mol. The zero-order valence-corrected chi connectivity index (χ0v) is 6.71. The van der Waals surface area contributed by atoms with Gasteiger partial charge in [0.1, 0.15) is 6.33 Å². The van der Waals surface area contributed by atoms with Gasteiger partial charge in [0, 0.05) is 30.1 Å². The van der Waals surface area contributed by atoms with E-state index >= 15 is 0 Å². The Hall–Kier alpha value is -0.680. The van der Waals surface area contributed by atoms with Crippen molar-refractivity contribution in [2.24, 2.45) is 5.92 Å². The Balaban J connectivity index is 1.85. The number of anilines is 1. The highest BCUT2D eigenvalue weighted by molar-refractivity contribution is 7.09. The second-order valence-corrected chi connectivity index (χ2v) is 3.46. The molecule has 0 spiro atoms. The molecule has 1 aliphatic rings. The highest BCUT2D eigenvalue weighted by Crippen LogP contribution is 2.32. The van der Waals surface area contributed by atoms with Gasteiger partial charge < -0.3 is 10.4 Å². The van der Waals surface area contributed by atoms with E-state index in [0.717, 1.165) is 11.6 Å². The number of aromatic nitrogens is 2. The van der Waals surface area contributed by atoms with E-state index in [1.54, 1.807) is 0 Å². The molecule has 0 aromatic carbocycles. The SMILES string of the molecule is OC[C@@H]1C[C@H]1Nc1ncns1. The van der Waals surface area contributed by atoms with Gasteiger partial charge in [-0.1, -0.05) is 0 Å². The third-order valence-corrected chi connectivity index (χ3v) is 2.42. The first kappa shape index (κ1) is 7.00. The Kier molecular flexibility index (Phi) is 1.75. The Morgan fingerprint density at radius 1 is 1.82 bits per heavy atom. The summed E-state index contributed by atoms with van der Waals surface area (Å²) in [5, 5.41) is 12.8. The van der Waals surface area contributed by atoms with Crippen molar-refractivity contribution in [1.29, 1.82) is 0 Å². The third-order valence-electron chi connectivity index (χ3n) is 1.83. The standard InChI is InChI=1S/C6H9N3OS/c10-2-4-1-5(4)9-6-7-3-8-11-6/h3-5,10H,1-2H2,(H,7,8,9)/t4-,5+/m0/s1. The lowest BCUT2D eigenvalue weighted by Crippen LogP contribution is -2.05. The molecule has 4 nitrogen and oxygen atoms in total. The quantitative estimate of drug-likeness (QED) is 0.688. The van der Waals surface area contributed by atoms with E-state index in [1.807, 2.05) is 0 Å². The zero-order chi connectivity index (χ0) is 7.68. The maximum absolute atomic E-state index is 8.73. The van der Waals surface area contributed by atoms with Crippen molar-refractivity contribution in [2.45, 2.75) is 12.5 Å². The van der Waals surface area contributed by atoms with Crippen LogP contribution in [0, 0.1) is 5.92 Å². The van der Waals surface area contributed by atoms with E-state index in [0.29, 0.717) is 12.0 Å². The van der Waals surface area contributed by atoms with Gasteiger partial charge in [-0.05, 0) is 6.42 Å². The molecule has 1 aromatic heterocycles. The average Bonchev–Trinajstić information content (AvgIpc) is 2.54. The maximum atomic E-state index is 8.73. The van der Waals surface area contributed by atoms with Gasteiger partial charge in [-0.15, -0.1) is 0 Å². The van der Waals surface area contributed by atoms with Crippen LogP contribution in [0.2, 0.25) is 0 Å². The van der Waals surface area contributed by atoms with Gasteiger partial charge in [-0.3, -0.25) is 0 Å². The minimum absolute atomic E-state index is 0.274. The summed E-state index contributed by atoms with van der Waals surface area (Å²) in [7, 11) is 0. The van der Waals surface area contributed by atoms with E-state index in [-0.39, 0.29) is 6.61 Å². The van der Waals surface area contributed by atoms with Gasteiger partial charge in [0.25, 0.3) is 0 Å². The van der Waals surface area contributed by atoms with Gasteiger partial charge in [-0.25, -0.2) is 4.98 Å². The summed E-state index contributed by atoms with van der Waals surface area (Å²) >= 11 is 1.35. The molecule has 2 N–H and O–H groups in total. The highest BCUT2D eigenvalue weighted by Gasteiger charge is 2.36. The molecule has 1 saturated carbocycles. The van der Waals surface area contributed by atoms with E-state index in [1.165, 1.54) is 17.9 Å². The summed E-state index contributed by atoms with van der Waals surface area (Å²) in [4.78, 5) is 3.98. The zero-order valence-electron chi connectivity index (χ0n) is 5.90. The second-order valence-electron chi connectivity index (χ2n) is 2.68. The fourth-order valence-electron chi connectivity index (χ4n) is 1.02. The lowest BCUT2D eigenvalue weighted by Gasteiger charge is -1.96. The van der Waals surface area contributed by atoms with Crippen molar-refractivity contribution in [2.75, 3.05) is 11.9 Å². The van der Waals surface area contributed by atoms with Crippen molar-refractivity contribution in [3.8, 4) is 0 Å². The number of rotatable bonds is 3. The first-order valence-electron chi connectivity index (χ1n) is 3.54. The van der Waals surface area contributed by atoms with Crippen molar-refractivity contribution in [3.63, 3.8) is 0 Å². The fourth-order valence-corrected chi connectivity index (χ4v) is 1.51. The topological polar surface area (TPSA) is 58.0 Å². The molecule has 0 bridgehead atoms. The molecule has 2 rings (SSSR count). The van der Waals surface area contributed by atoms with Crippen LogP contribution in [-0.2, 0) is 0 Å². The van der Waals surface area contributed by atoms with E-state index < -0.39 is 0 Å². The Labute approximate surface area is 68.5 Å². The number of nitrogens with zero attached hydrogens (tertiary/aromatic N) is 2. The molecule has 0 unspecified atom stereocenters. The van der Waals surface area contributed by atoms with Gasteiger partial charge in [0.2, 0.25) is 5.13 Å². The van der Waals surface area contributed by atoms with Gasteiger partial charge >= 0.3 is 0 Å². The van der Waals surface area contributed by atoms with Crippen molar-refractivity contribution in [3.05, 3.63) is 6.33 Å². The van der Waals surface area contributed by atoms with Gasteiger partial charge in [-0.2, -0.15) is 4.37 Å². The second kappa shape index (κ2) is 2.75. The fraction of sp³-hybridized carbons (Fsp3) is 0.667. The summed E-state index contributed by atoms with van der Waals surface area (Å²) in [6.07, 6.45) is 2.58. The molecule has 5 heteroatoms. The summed E-state index contributed by atoms with van der Waals surface area (Å²) in [6, 6.07) is 0.424. The Bertz CT molecular complexity index is 226. The molecule has 60 valence electrons. The first-order chi connectivity index (χ1) is 5.40. The average molecular weight is 171 g/mol. The number of hydrogen-bond donors (Lipinski definition) is 2. The number of aliphatic hydroxyl groups excluding tert-OH is 1. The normalized spacial score (nSPS) is 28.5. The number of aliphatic hydroxyl groups is 1. The molecular formula is C6H9N3OS. The minimum atomic E-state index is 0.274. The lowest BCUT2D eigenvalue weighted by molar-refractivity contribution is 0.275. The molecule has 1 fully saturated rings. The number of nitrogens with one attached hydrogen (secondary N) is 1. The van der Waals surface area contributed by atoms with Crippen LogP contribution in [0.25, 0.3) is 0 Å². The molecule has 0 saturated heterocycles. The Morgan fingerprint density at radius 3 is 3.27 bits per heavy atom. The largest absolute Gasteiger partial charge is 0.396 e. The number of hydrogen-bond acceptors (Lipinski definition) is 5. The summed E-state index contributed by atoms with van der Waals surface area (Å²) in [5.74, 6) is 0.430. The van der Waals surface area contributed by atoms with E-state index in [2.05, 4.69) is 14.7 Å². The van der Waals surface area contributed by atoms with Crippen LogP contribution in [0.15, 0.2) is 6.33 Å². The predicted octanol–water partition coefficient (Wildman–Crippen LogP) is 0.331. The molecule has 1 heterocycles. The van der Waals surface area contributed by atoms with Crippen LogP contribution >= 0.6 is 11.5 Å². The monoisotopic (exact) mass is 171 g/mol. The molecule has 0 aliphatic heterocycles. The van der Waals surface area contributed by atoms with Crippen LogP contribution in [0.4, 0.5) is 5.13 Å². The summed E-state index contributed by atoms with van der Waals surface area (Å²) in [5.41, 5.74) is 0. The Morgan fingerprint density at radius 2 is 2.73 bits per heavy atom. The van der Waals surface area contributed by atoms with Crippen molar-refractivity contribution >= 4 is 16.7 Å². The highest BCUT2D eigenvalue weighted by atomic mass is 32.1. The summed E-state index contributed by atoms with van der Waals surface area (Å²) < 4.78 is 3.86. The van der Waals surface area contributed by atoms with Gasteiger partial charge in [0.15, 0.2) is 0 Å². The lowest BCUT2D eigenvalue weighted by atomic mass is 10.4. The first-order valence-corrected chi connectivity index (χ1v) is 4.31. The molecule has 1 aromatic rings. The third kappa shape index (κ3) is 1.49. The van der Waals surface area contributed by atoms with Crippen LogP contribution in [0.1, 0.15) is 6.42 Å². The van der Waals surface area contributed by atoms with Crippen molar-refractivity contribution in [1.82, 2.24) is 9.36 Å². The molecule has 2 atom stereocenters. The van der Waals surface area contributed by atoms with Crippen LogP contribution in [0.5, 0.6) is 0 Å².